The third-order valence-corrected chi connectivity index (χ3v) is 4.23. The molecule has 2 heterocycles. The Kier molecular flexibility index (Phi) is 4.52. The van der Waals surface area contributed by atoms with Crippen LogP contribution in [0.4, 0.5) is 9.93 Å². The van der Waals surface area contributed by atoms with E-state index in [-0.39, 0.29) is 11.4 Å². The highest BCUT2D eigenvalue weighted by atomic mass is 32.1. The van der Waals surface area contributed by atoms with E-state index in [1.165, 1.54) is 0 Å². The van der Waals surface area contributed by atoms with Crippen molar-refractivity contribution in [3.63, 3.8) is 0 Å². The van der Waals surface area contributed by atoms with Crippen molar-refractivity contribution < 1.29 is 4.79 Å². The Morgan fingerprint density at radius 2 is 2.00 bits per heavy atom. The quantitative estimate of drug-likeness (QED) is 0.911. The molecule has 112 valence electrons. The van der Waals surface area contributed by atoms with Crippen LogP contribution in [0.15, 0.2) is 5.38 Å². The van der Waals surface area contributed by atoms with Gasteiger partial charge in [0.15, 0.2) is 5.13 Å². The van der Waals surface area contributed by atoms with Gasteiger partial charge in [0.1, 0.15) is 0 Å². The minimum Gasteiger partial charge on any atom is -0.345 e. The van der Waals surface area contributed by atoms with Gasteiger partial charge in [-0.05, 0) is 12.3 Å². The number of urea groups is 1. The van der Waals surface area contributed by atoms with E-state index >= 15 is 0 Å². The molecule has 0 aromatic carbocycles. The standard InChI is InChI=1S/C14H24N4OS/c1-11-9-20-13(16-11)18-7-5-17(6-8-18)12(19)15-10-14(2,3)4/h9H,5-8,10H2,1-4H3,(H,15,19). The second-order valence-electron chi connectivity index (χ2n) is 6.46. The first-order chi connectivity index (χ1) is 9.35. The zero-order valence-electron chi connectivity index (χ0n) is 12.8. The average molecular weight is 296 g/mol. The van der Waals surface area contributed by atoms with E-state index in [1.807, 2.05) is 11.8 Å². The fourth-order valence-corrected chi connectivity index (χ4v) is 2.90. The normalized spacial score (nSPS) is 16.4. The van der Waals surface area contributed by atoms with Crippen molar-refractivity contribution in [1.29, 1.82) is 0 Å². The molecule has 1 aliphatic rings. The Bertz CT molecular complexity index is 458. The Balaban J connectivity index is 1.80. The summed E-state index contributed by atoms with van der Waals surface area (Å²) in [7, 11) is 0. The van der Waals surface area contributed by atoms with E-state index in [1.54, 1.807) is 11.3 Å². The van der Waals surface area contributed by atoms with E-state index < -0.39 is 0 Å². The number of anilines is 1. The van der Waals surface area contributed by atoms with Crippen molar-refractivity contribution in [3.05, 3.63) is 11.1 Å². The van der Waals surface area contributed by atoms with Crippen LogP contribution in [-0.2, 0) is 0 Å². The molecule has 20 heavy (non-hydrogen) atoms. The van der Waals surface area contributed by atoms with Crippen LogP contribution in [-0.4, -0.2) is 48.6 Å². The van der Waals surface area contributed by atoms with E-state index in [2.05, 4.69) is 41.4 Å². The maximum atomic E-state index is 12.1. The minimum atomic E-state index is 0.0508. The lowest BCUT2D eigenvalue weighted by Crippen LogP contribution is -2.52. The molecule has 1 aromatic rings. The predicted molar refractivity (Wildman–Crippen MR) is 83.5 cm³/mol. The Morgan fingerprint density at radius 3 is 2.50 bits per heavy atom. The van der Waals surface area contributed by atoms with Crippen LogP contribution in [0.3, 0.4) is 0 Å². The maximum absolute atomic E-state index is 12.1. The zero-order chi connectivity index (χ0) is 14.8. The molecule has 0 spiro atoms. The summed E-state index contributed by atoms with van der Waals surface area (Å²) in [6.45, 7) is 12.3. The monoisotopic (exact) mass is 296 g/mol. The minimum absolute atomic E-state index is 0.0508. The van der Waals surface area contributed by atoms with Gasteiger partial charge in [-0.25, -0.2) is 9.78 Å². The molecule has 0 atom stereocenters. The molecule has 5 nitrogen and oxygen atoms in total. The summed E-state index contributed by atoms with van der Waals surface area (Å²) < 4.78 is 0. The first kappa shape index (κ1) is 15.1. The number of piperazine rings is 1. The van der Waals surface area contributed by atoms with Crippen molar-refractivity contribution in [3.8, 4) is 0 Å². The molecule has 6 heteroatoms. The van der Waals surface area contributed by atoms with Crippen molar-refractivity contribution in [2.45, 2.75) is 27.7 Å². The summed E-state index contributed by atoms with van der Waals surface area (Å²) in [6, 6.07) is 0.0508. The number of aryl methyl sites for hydroxylation is 1. The first-order valence-corrected chi connectivity index (χ1v) is 7.93. The molecular weight excluding hydrogens is 272 g/mol. The van der Waals surface area contributed by atoms with Crippen LogP contribution in [0.2, 0.25) is 0 Å². The van der Waals surface area contributed by atoms with Crippen LogP contribution < -0.4 is 10.2 Å². The van der Waals surface area contributed by atoms with E-state index in [0.29, 0.717) is 6.54 Å². The average Bonchev–Trinajstić information content (AvgIpc) is 2.82. The van der Waals surface area contributed by atoms with E-state index in [9.17, 15) is 4.79 Å². The number of amides is 2. The largest absolute Gasteiger partial charge is 0.345 e. The van der Waals surface area contributed by atoms with E-state index in [0.717, 1.165) is 37.0 Å². The van der Waals surface area contributed by atoms with Gasteiger partial charge in [0.25, 0.3) is 0 Å². The van der Waals surface area contributed by atoms with Gasteiger partial charge in [0.05, 0.1) is 5.69 Å². The highest BCUT2D eigenvalue weighted by Crippen LogP contribution is 2.21. The summed E-state index contributed by atoms with van der Waals surface area (Å²) in [5, 5.41) is 6.14. The summed E-state index contributed by atoms with van der Waals surface area (Å²) in [5.74, 6) is 0. The smallest absolute Gasteiger partial charge is 0.317 e. The van der Waals surface area contributed by atoms with Gasteiger partial charge in [-0.3, -0.25) is 0 Å². The van der Waals surface area contributed by atoms with Gasteiger partial charge in [-0.15, -0.1) is 11.3 Å². The molecule has 1 N–H and O–H groups in total. The van der Waals surface area contributed by atoms with Gasteiger partial charge in [-0.2, -0.15) is 0 Å². The number of nitrogens with one attached hydrogen (secondary N) is 1. The summed E-state index contributed by atoms with van der Waals surface area (Å²) >= 11 is 1.68. The van der Waals surface area contributed by atoms with Crippen LogP contribution in [0, 0.1) is 12.3 Å². The molecular formula is C14H24N4OS. The molecule has 1 aliphatic heterocycles. The third kappa shape index (κ3) is 4.10. The molecule has 1 saturated heterocycles. The van der Waals surface area contributed by atoms with Gasteiger partial charge in [0.2, 0.25) is 0 Å². The highest BCUT2D eigenvalue weighted by molar-refractivity contribution is 7.13. The van der Waals surface area contributed by atoms with Crippen molar-refractivity contribution in [1.82, 2.24) is 15.2 Å². The fourth-order valence-electron chi connectivity index (χ4n) is 2.04. The van der Waals surface area contributed by atoms with E-state index in [4.69, 9.17) is 0 Å². The van der Waals surface area contributed by atoms with Gasteiger partial charge in [0, 0.05) is 38.1 Å². The topological polar surface area (TPSA) is 48.5 Å². The lowest BCUT2D eigenvalue weighted by atomic mass is 9.97. The predicted octanol–water partition coefficient (Wildman–Crippen LogP) is 2.33. The lowest BCUT2D eigenvalue weighted by molar-refractivity contribution is 0.189. The van der Waals surface area contributed by atoms with Crippen LogP contribution in [0.5, 0.6) is 0 Å². The molecule has 2 amide bonds. The number of aromatic nitrogens is 1. The highest BCUT2D eigenvalue weighted by Gasteiger charge is 2.23. The molecule has 2 rings (SSSR count). The molecule has 0 radical (unpaired) electrons. The lowest BCUT2D eigenvalue weighted by Gasteiger charge is -2.35. The fraction of sp³-hybridized carbons (Fsp3) is 0.714. The molecule has 0 aliphatic carbocycles. The van der Waals surface area contributed by atoms with Crippen LogP contribution >= 0.6 is 11.3 Å². The second-order valence-corrected chi connectivity index (χ2v) is 7.30. The molecule has 1 aromatic heterocycles. The van der Waals surface area contributed by atoms with Crippen molar-refractivity contribution >= 4 is 22.5 Å². The Hall–Kier alpha value is -1.30. The number of rotatable bonds is 2. The number of hydrogen-bond acceptors (Lipinski definition) is 4. The molecule has 0 saturated carbocycles. The second kappa shape index (κ2) is 5.99. The van der Waals surface area contributed by atoms with Gasteiger partial charge >= 0.3 is 6.03 Å². The zero-order valence-corrected chi connectivity index (χ0v) is 13.6. The summed E-state index contributed by atoms with van der Waals surface area (Å²) in [4.78, 5) is 20.7. The number of carbonyl (C=O) groups excluding carboxylic acids is 1. The Labute approximate surface area is 125 Å². The van der Waals surface area contributed by atoms with Crippen molar-refractivity contribution in [2.75, 3.05) is 37.6 Å². The number of thiazole rings is 1. The number of carbonyl (C=O) groups is 1. The molecule has 0 unspecified atom stereocenters. The summed E-state index contributed by atoms with van der Waals surface area (Å²) in [5.41, 5.74) is 1.19. The van der Waals surface area contributed by atoms with Gasteiger partial charge in [-0.1, -0.05) is 20.8 Å². The maximum Gasteiger partial charge on any atom is 0.317 e. The summed E-state index contributed by atoms with van der Waals surface area (Å²) in [6.07, 6.45) is 0. The van der Waals surface area contributed by atoms with Crippen molar-refractivity contribution in [2.24, 2.45) is 5.41 Å². The number of nitrogens with zero attached hydrogens (tertiary/aromatic N) is 3. The molecule has 0 bridgehead atoms. The Morgan fingerprint density at radius 1 is 1.35 bits per heavy atom. The third-order valence-electron chi connectivity index (χ3n) is 3.21. The first-order valence-electron chi connectivity index (χ1n) is 7.05. The molecule has 1 fully saturated rings. The van der Waals surface area contributed by atoms with Gasteiger partial charge < -0.3 is 15.1 Å². The van der Waals surface area contributed by atoms with Crippen LogP contribution in [0.25, 0.3) is 0 Å². The SMILES string of the molecule is Cc1csc(N2CCN(C(=O)NCC(C)(C)C)CC2)n1. The van der Waals surface area contributed by atoms with Crippen LogP contribution in [0.1, 0.15) is 26.5 Å². The number of hydrogen-bond donors (Lipinski definition) is 1.